The zero-order chi connectivity index (χ0) is 25.4. The monoisotopic (exact) mass is 505 g/mol. The van der Waals surface area contributed by atoms with E-state index in [1.54, 1.807) is 12.1 Å². The maximum Gasteiger partial charge on any atom is 0.240 e. The Bertz CT molecular complexity index is 1100. The van der Waals surface area contributed by atoms with Crippen molar-refractivity contribution >= 4 is 38.9 Å². The Morgan fingerprint density at radius 3 is 2.41 bits per heavy atom. The molecule has 0 radical (unpaired) electrons. The Kier molecular flexibility index (Phi) is 10.0. The van der Waals surface area contributed by atoms with Gasteiger partial charge in [0.2, 0.25) is 15.9 Å². The third-order valence-corrected chi connectivity index (χ3v) is 7.03. The number of anilines is 1. The van der Waals surface area contributed by atoms with Gasteiger partial charge in [0.1, 0.15) is 5.75 Å². The minimum Gasteiger partial charge on any atom is -0.493 e. The van der Waals surface area contributed by atoms with E-state index in [9.17, 15) is 13.2 Å². The molecule has 0 aliphatic heterocycles. The van der Waals surface area contributed by atoms with E-state index < -0.39 is 15.4 Å². The minimum atomic E-state index is -3.53. The van der Waals surface area contributed by atoms with E-state index in [-0.39, 0.29) is 15.9 Å². The highest BCUT2D eigenvalue weighted by molar-refractivity contribution is 7.89. The van der Waals surface area contributed by atoms with Crippen molar-refractivity contribution in [1.29, 1.82) is 0 Å². The predicted molar refractivity (Wildman–Crippen MR) is 141 cm³/mol. The van der Waals surface area contributed by atoms with Gasteiger partial charge in [0.25, 0.3) is 0 Å². The molecule has 0 aliphatic carbocycles. The Labute approximate surface area is 208 Å². The molecule has 0 aliphatic rings. The first kappa shape index (κ1) is 27.8. The molecule has 1 amide bonds. The maximum atomic E-state index is 12.7. The summed E-state index contributed by atoms with van der Waals surface area (Å²) in [5.41, 5.74) is 2.17. The van der Waals surface area contributed by atoms with Crippen molar-refractivity contribution in [2.75, 3.05) is 18.5 Å². The van der Waals surface area contributed by atoms with Crippen LogP contribution in [0.25, 0.3) is 0 Å². The highest BCUT2D eigenvalue weighted by Gasteiger charge is 2.28. The van der Waals surface area contributed by atoms with Crippen molar-refractivity contribution in [3.05, 3.63) is 53.6 Å². The topological polar surface area (TPSA) is 96.5 Å². The van der Waals surface area contributed by atoms with E-state index in [4.69, 9.17) is 17.0 Å². The van der Waals surface area contributed by atoms with Crippen LogP contribution in [0.1, 0.15) is 51.2 Å². The first-order valence-electron chi connectivity index (χ1n) is 11.4. The van der Waals surface area contributed by atoms with Crippen LogP contribution < -0.4 is 20.1 Å². The summed E-state index contributed by atoms with van der Waals surface area (Å²) in [7, 11) is -3.53. The number of carbonyl (C=O) groups is 1. The number of benzene rings is 2. The molecule has 3 N–H and O–H groups in total. The van der Waals surface area contributed by atoms with Crippen LogP contribution in [0.4, 0.5) is 5.69 Å². The molecule has 0 unspecified atom stereocenters. The standard InChI is InChI=1S/C25H35N3O4S2/c1-6-15-26-34(30,31)21-12-10-20(11-13-21)27-24(33)28-23(29)25(4,5)14-7-16-32-22-17-18(2)8-9-19(22)3/h8-13,17,26H,6-7,14-16H2,1-5H3,(H2,27,28,29,33). The molecule has 2 aromatic carbocycles. The Morgan fingerprint density at radius 2 is 1.76 bits per heavy atom. The van der Waals surface area contributed by atoms with Crippen LogP contribution in [0.15, 0.2) is 47.4 Å². The van der Waals surface area contributed by atoms with E-state index in [0.717, 1.165) is 23.3 Å². The highest BCUT2D eigenvalue weighted by atomic mass is 32.2. The molecule has 0 saturated carbocycles. The molecule has 186 valence electrons. The summed E-state index contributed by atoms with van der Waals surface area (Å²) in [6, 6.07) is 12.3. The largest absolute Gasteiger partial charge is 0.493 e. The van der Waals surface area contributed by atoms with Crippen molar-refractivity contribution in [3.63, 3.8) is 0 Å². The zero-order valence-corrected chi connectivity index (χ0v) is 22.2. The molecule has 0 spiro atoms. The van der Waals surface area contributed by atoms with Gasteiger partial charge in [-0.05, 0) is 86.8 Å². The summed E-state index contributed by atoms with van der Waals surface area (Å²) in [6.45, 7) is 10.6. The van der Waals surface area contributed by atoms with Gasteiger partial charge < -0.3 is 15.4 Å². The molecule has 7 nitrogen and oxygen atoms in total. The van der Waals surface area contributed by atoms with Gasteiger partial charge in [0, 0.05) is 17.6 Å². The van der Waals surface area contributed by atoms with Crippen molar-refractivity contribution in [1.82, 2.24) is 10.0 Å². The average molecular weight is 506 g/mol. The van der Waals surface area contributed by atoms with Gasteiger partial charge in [0.15, 0.2) is 5.11 Å². The van der Waals surface area contributed by atoms with Gasteiger partial charge in [-0.25, -0.2) is 13.1 Å². The summed E-state index contributed by atoms with van der Waals surface area (Å²) in [5, 5.41) is 5.81. The van der Waals surface area contributed by atoms with Crippen molar-refractivity contribution in [3.8, 4) is 5.75 Å². The Morgan fingerprint density at radius 1 is 1.09 bits per heavy atom. The van der Waals surface area contributed by atoms with E-state index in [1.165, 1.54) is 12.1 Å². The number of carbonyl (C=O) groups excluding carboxylic acids is 1. The third kappa shape index (κ3) is 8.38. The minimum absolute atomic E-state index is 0.157. The summed E-state index contributed by atoms with van der Waals surface area (Å²) in [6.07, 6.45) is 2.06. The number of ether oxygens (including phenoxy) is 1. The number of amides is 1. The quantitative estimate of drug-likeness (QED) is 0.303. The normalized spacial score (nSPS) is 11.7. The molecule has 0 bridgehead atoms. The summed E-state index contributed by atoms with van der Waals surface area (Å²) in [5.74, 6) is 0.673. The molecule has 0 heterocycles. The first-order valence-corrected chi connectivity index (χ1v) is 13.3. The lowest BCUT2D eigenvalue weighted by Crippen LogP contribution is -2.42. The van der Waals surface area contributed by atoms with E-state index in [1.807, 2.05) is 52.8 Å². The number of hydrogen-bond acceptors (Lipinski definition) is 5. The lowest BCUT2D eigenvalue weighted by molar-refractivity contribution is -0.128. The molecule has 34 heavy (non-hydrogen) atoms. The van der Waals surface area contributed by atoms with Crippen LogP contribution in [0.5, 0.6) is 5.75 Å². The van der Waals surface area contributed by atoms with Crippen LogP contribution in [0.3, 0.4) is 0 Å². The van der Waals surface area contributed by atoms with Crippen LogP contribution in [-0.4, -0.2) is 32.6 Å². The van der Waals surface area contributed by atoms with Gasteiger partial charge in [-0.1, -0.05) is 32.9 Å². The Hall–Kier alpha value is -2.49. The molecule has 0 saturated heterocycles. The fourth-order valence-electron chi connectivity index (χ4n) is 3.14. The number of rotatable bonds is 11. The van der Waals surface area contributed by atoms with E-state index >= 15 is 0 Å². The second kappa shape index (κ2) is 12.3. The molecule has 2 aromatic rings. The molecular weight excluding hydrogens is 470 g/mol. The SMILES string of the molecule is CCCNS(=O)(=O)c1ccc(NC(=S)NC(=O)C(C)(C)CCCOc2cc(C)ccc2C)cc1. The van der Waals surface area contributed by atoms with Gasteiger partial charge in [0.05, 0.1) is 11.5 Å². The fourth-order valence-corrected chi connectivity index (χ4v) is 4.49. The number of nitrogens with one attached hydrogen (secondary N) is 3. The summed E-state index contributed by atoms with van der Waals surface area (Å²) in [4.78, 5) is 12.9. The zero-order valence-electron chi connectivity index (χ0n) is 20.5. The second-order valence-electron chi connectivity index (χ2n) is 8.94. The molecule has 0 atom stereocenters. The van der Waals surface area contributed by atoms with E-state index in [2.05, 4.69) is 15.4 Å². The van der Waals surface area contributed by atoms with Crippen molar-refractivity contribution in [2.24, 2.45) is 5.41 Å². The molecule has 0 aromatic heterocycles. The smallest absolute Gasteiger partial charge is 0.240 e. The van der Waals surface area contributed by atoms with Crippen molar-refractivity contribution in [2.45, 2.75) is 58.8 Å². The van der Waals surface area contributed by atoms with Crippen LogP contribution in [0.2, 0.25) is 0 Å². The summed E-state index contributed by atoms with van der Waals surface area (Å²) < 4.78 is 32.8. The van der Waals surface area contributed by atoms with Gasteiger partial charge in [-0.3, -0.25) is 4.79 Å². The number of hydrogen-bond donors (Lipinski definition) is 3. The van der Waals surface area contributed by atoms with Crippen molar-refractivity contribution < 1.29 is 17.9 Å². The number of sulfonamides is 1. The highest BCUT2D eigenvalue weighted by Crippen LogP contribution is 2.24. The predicted octanol–water partition coefficient (Wildman–Crippen LogP) is 4.69. The average Bonchev–Trinajstić information content (AvgIpc) is 2.77. The number of thiocarbonyl (C=S) groups is 1. The van der Waals surface area contributed by atoms with Gasteiger partial charge >= 0.3 is 0 Å². The van der Waals surface area contributed by atoms with Crippen LogP contribution in [0, 0.1) is 19.3 Å². The maximum absolute atomic E-state index is 12.7. The first-order chi connectivity index (χ1) is 15.9. The summed E-state index contributed by atoms with van der Waals surface area (Å²) >= 11 is 5.27. The molecule has 0 fully saturated rings. The second-order valence-corrected chi connectivity index (χ2v) is 11.1. The fraction of sp³-hybridized carbons (Fsp3) is 0.440. The lowest BCUT2D eigenvalue weighted by Gasteiger charge is -2.24. The molecular formula is C25H35N3O4S2. The number of aryl methyl sites for hydroxylation is 2. The van der Waals surface area contributed by atoms with Gasteiger partial charge in [-0.15, -0.1) is 0 Å². The molecule has 9 heteroatoms. The Balaban J connectivity index is 1.83. The third-order valence-electron chi connectivity index (χ3n) is 5.35. The van der Waals surface area contributed by atoms with Gasteiger partial charge in [-0.2, -0.15) is 0 Å². The van der Waals surface area contributed by atoms with E-state index in [0.29, 0.717) is 31.7 Å². The van der Waals surface area contributed by atoms with Crippen LogP contribution >= 0.6 is 12.2 Å². The molecule has 2 rings (SSSR count). The van der Waals surface area contributed by atoms with Crippen LogP contribution in [-0.2, 0) is 14.8 Å². The lowest BCUT2D eigenvalue weighted by atomic mass is 9.87.